The monoisotopic (exact) mass is 402 g/mol. The molecule has 1 N–H and O–H groups in total. The summed E-state index contributed by atoms with van der Waals surface area (Å²) in [6.45, 7) is 1.55. The van der Waals surface area contributed by atoms with E-state index in [2.05, 4.69) is 15.3 Å². The Morgan fingerprint density at radius 3 is 2.54 bits per heavy atom. The van der Waals surface area contributed by atoms with Crippen LogP contribution in [-0.4, -0.2) is 21.1 Å². The summed E-state index contributed by atoms with van der Waals surface area (Å²) in [5.74, 6) is -1.71. The van der Waals surface area contributed by atoms with Crippen molar-refractivity contribution in [1.82, 2.24) is 9.97 Å². The first-order valence-corrected chi connectivity index (χ1v) is 8.98. The lowest BCUT2D eigenvalue weighted by atomic mass is 10.2. The second kappa shape index (κ2) is 7.86. The van der Waals surface area contributed by atoms with Crippen molar-refractivity contribution < 1.29 is 18.0 Å². The summed E-state index contributed by atoms with van der Waals surface area (Å²) in [6, 6.07) is 14.8. The second-order valence-electron chi connectivity index (χ2n) is 5.77. The van der Waals surface area contributed by atoms with E-state index >= 15 is 0 Å². The number of alkyl halides is 3. The van der Waals surface area contributed by atoms with Gasteiger partial charge in [0.1, 0.15) is 11.1 Å². The number of nitrogens with zero attached hydrogens (tertiary/aromatic N) is 3. The normalized spacial score (nSPS) is 12.4. The van der Waals surface area contributed by atoms with Gasteiger partial charge in [-0.2, -0.15) is 18.4 Å². The predicted octanol–water partition coefficient (Wildman–Crippen LogP) is 4.64. The maximum absolute atomic E-state index is 13.1. The van der Waals surface area contributed by atoms with Gasteiger partial charge in [-0.15, -0.1) is 0 Å². The van der Waals surface area contributed by atoms with Crippen molar-refractivity contribution in [1.29, 1.82) is 5.26 Å². The summed E-state index contributed by atoms with van der Waals surface area (Å²) in [4.78, 5) is 19.7. The lowest BCUT2D eigenvalue weighted by molar-refractivity contribution is -0.145. The van der Waals surface area contributed by atoms with Crippen molar-refractivity contribution in [3.8, 4) is 6.07 Å². The number of anilines is 1. The van der Waals surface area contributed by atoms with Gasteiger partial charge in [0.05, 0.1) is 22.0 Å². The minimum Gasteiger partial charge on any atom is -0.324 e. The van der Waals surface area contributed by atoms with Crippen molar-refractivity contribution in [3.63, 3.8) is 0 Å². The van der Waals surface area contributed by atoms with Gasteiger partial charge >= 0.3 is 6.18 Å². The number of nitrogens with one attached hydrogen (secondary N) is 1. The molecule has 2 aromatic carbocycles. The molecular formula is C19H13F3N4OS. The summed E-state index contributed by atoms with van der Waals surface area (Å²) in [5, 5.41) is 11.5. The zero-order valence-corrected chi connectivity index (χ0v) is 15.3. The van der Waals surface area contributed by atoms with Gasteiger partial charge in [0, 0.05) is 5.39 Å². The number of fused-ring (bicyclic) bond motifs is 1. The number of benzene rings is 2. The molecule has 0 radical (unpaired) electrons. The van der Waals surface area contributed by atoms with Gasteiger partial charge in [0.2, 0.25) is 11.7 Å². The molecule has 1 atom stereocenters. The molecule has 0 fully saturated rings. The van der Waals surface area contributed by atoms with E-state index in [4.69, 9.17) is 5.26 Å². The van der Waals surface area contributed by atoms with E-state index in [1.807, 2.05) is 6.07 Å². The zero-order chi connectivity index (χ0) is 20.3. The lowest BCUT2D eigenvalue weighted by Crippen LogP contribution is -2.23. The van der Waals surface area contributed by atoms with Crippen LogP contribution in [0.5, 0.6) is 0 Å². The fourth-order valence-electron chi connectivity index (χ4n) is 2.41. The Hall–Kier alpha value is -3.12. The van der Waals surface area contributed by atoms with Crippen molar-refractivity contribution in [2.75, 3.05) is 5.32 Å². The van der Waals surface area contributed by atoms with Crippen LogP contribution in [0.2, 0.25) is 0 Å². The molecule has 1 aromatic heterocycles. The Morgan fingerprint density at radius 2 is 1.82 bits per heavy atom. The number of aromatic nitrogens is 2. The highest BCUT2D eigenvalue weighted by molar-refractivity contribution is 8.00. The Labute approximate surface area is 162 Å². The quantitative estimate of drug-likeness (QED) is 0.508. The van der Waals surface area contributed by atoms with E-state index in [0.29, 0.717) is 16.6 Å². The SMILES string of the molecule is C[C@@H](Sc1nc(C(F)(F)F)nc2ccccc12)C(=O)Nc1ccccc1C#N. The minimum atomic E-state index is -4.70. The minimum absolute atomic E-state index is 0.0640. The standard InChI is InChI=1S/C19H13F3N4OS/c1-11(16(27)24-14-8-4-2-6-12(14)10-23)28-17-13-7-3-5-9-15(13)25-18(26-17)19(20,21)22/h2-9,11H,1H3,(H,24,27)/t11-/m1/s1. The van der Waals surface area contributed by atoms with Gasteiger partial charge in [-0.3, -0.25) is 4.79 Å². The molecule has 1 amide bonds. The fraction of sp³-hybridized carbons (Fsp3) is 0.158. The zero-order valence-electron chi connectivity index (χ0n) is 14.5. The van der Waals surface area contributed by atoms with Crippen LogP contribution in [0.1, 0.15) is 18.3 Å². The highest BCUT2D eigenvalue weighted by atomic mass is 32.2. The van der Waals surface area contributed by atoms with E-state index in [0.717, 1.165) is 11.8 Å². The Balaban J connectivity index is 1.89. The van der Waals surface area contributed by atoms with E-state index < -0.39 is 23.2 Å². The molecule has 0 bridgehead atoms. The molecule has 28 heavy (non-hydrogen) atoms. The Morgan fingerprint density at radius 1 is 1.14 bits per heavy atom. The Kier molecular flexibility index (Phi) is 5.51. The molecule has 3 aromatic rings. The number of thioether (sulfide) groups is 1. The van der Waals surface area contributed by atoms with Gasteiger partial charge in [0.25, 0.3) is 0 Å². The van der Waals surface area contributed by atoms with Crippen molar-refractivity contribution in [3.05, 3.63) is 59.9 Å². The maximum Gasteiger partial charge on any atom is 0.451 e. The summed E-state index contributed by atoms with van der Waals surface area (Å²) in [5.41, 5.74) is 0.778. The van der Waals surface area contributed by atoms with Gasteiger partial charge < -0.3 is 5.32 Å². The number of halogens is 3. The molecule has 0 aliphatic heterocycles. The van der Waals surface area contributed by atoms with Crippen LogP contribution < -0.4 is 5.32 Å². The van der Waals surface area contributed by atoms with E-state index in [-0.39, 0.29) is 10.5 Å². The number of rotatable bonds is 4. The molecule has 3 rings (SSSR count). The molecule has 0 aliphatic carbocycles. The third kappa shape index (κ3) is 4.23. The molecule has 9 heteroatoms. The van der Waals surface area contributed by atoms with Crippen molar-refractivity contribution >= 4 is 34.3 Å². The van der Waals surface area contributed by atoms with E-state index in [9.17, 15) is 18.0 Å². The van der Waals surface area contributed by atoms with Crippen LogP contribution >= 0.6 is 11.8 Å². The summed E-state index contributed by atoms with van der Waals surface area (Å²) < 4.78 is 39.4. The van der Waals surface area contributed by atoms with E-state index in [1.165, 1.54) is 6.07 Å². The number of hydrogen-bond donors (Lipinski definition) is 1. The van der Waals surface area contributed by atoms with Gasteiger partial charge in [-0.25, -0.2) is 9.97 Å². The smallest absolute Gasteiger partial charge is 0.324 e. The van der Waals surface area contributed by atoms with Gasteiger partial charge in [-0.1, -0.05) is 42.1 Å². The fourth-order valence-corrected chi connectivity index (χ4v) is 3.35. The largest absolute Gasteiger partial charge is 0.451 e. The molecule has 0 saturated carbocycles. The lowest BCUT2D eigenvalue weighted by Gasteiger charge is -2.15. The highest BCUT2D eigenvalue weighted by Crippen LogP contribution is 2.33. The molecule has 142 valence electrons. The third-order valence-corrected chi connectivity index (χ3v) is 4.89. The van der Waals surface area contributed by atoms with Crippen LogP contribution in [0.4, 0.5) is 18.9 Å². The average Bonchev–Trinajstić information content (AvgIpc) is 2.67. The van der Waals surface area contributed by atoms with Crippen molar-refractivity contribution in [2.45, 2.75) is 23.4 Å². The molecule has 5 nitrogen and oxygen atoms in total. The predicted molar refractivity (Wildman–Crippen MR) is 99.6 cm³/mol. The van der Waals surface area contributed by atoms with Crippen LogP contribution in [0.25, 0.3) is 10.9 Å². The summed E-state index contributed by atoms with van der Waals surface area (Å²) >= 11 is 0.898. The average molecular weight is 402 g/mol. The maximum atomic E-state index is 13.1. The topological polar surface area (TPSA) is 78.7 Å². The van der Waals surface area contributed by atoms with Crippen LogP contribution in [0.3, 0.4) is 0 Å². The molecule has 0 aliphatic rings. The van der Waals surface area contributed by atoms with Crippen LogP contribution in [-0.2, 0) is 11.0 Å². The molecule has 0 unspecified atom stereocenters. The van der Waals surface area contributed by atoms with E-state index in [1.54, 1.807) is 49.4 Å². The molecule has 0 spiro atoms. The number of hydrogen-bond acceptors (Lipinski definition) is 5. The highest BCUT2D eigenvalue weighted by Gasteiger charge is 2.36. The summed E-state index contributed by atoms with van der Waals surface area (Å²) in [6.07, 6.45) is -4.70. The first kappa shape index (κ1) is 19.6. The number of nitriles is 1. The number of carbonyl (C=O) groups excluding carboxylic acids is 1. The third-order valence-electron chi connectivity index (χ3n) is 3.78. The van der Waals surface area contributed by atoms with Gasteiger partial charge in [0.15, 0.2) is 0 Å². The first-order chi connectivity index (χ1) is 13.3. The number of para-hydroxylation sites is 2. The number of carbonyl (C=O) groups is 1. The Bertz CT molecular complexity index is 1080. The molecular weight excluding hydrogens is 389 g/mol. The van der Waals surface area contributed by atoms with Gasteiger partial charge in [-0.05, 0) is 25.1 Å². The second-order valence-corrected chi connectivity index (χ2v) is 7.10. The van der Waals surface area contributed by atoms with Crippen molar-refractivity contribution in [2.24, 2.45) is 0 Å². The molecule has 1 heterocycles. The van der Waals surface area contributed by atoms with Crippen LogP contribution in [0.15, 0.2) is 53.6 Å². The summed E-state index contributed by atoms with van der Waals surface area (Å²) in [7, 11) is 0. The molecule has 0 saturated heterocycles. The number of amides is 1. The first-order valence-electron chi connectivity index (χ1n) is 8.10. The van der Waals surface area contributed by atoms with Crippen LogP contribution in [0, 0.1) is 11.3 Å².